The van der Waals surface area contributed by atoms with E-state index in [1.807, 2.05) is 39.0 Å². The third kappa shape index (κ3) is 5.50. The molecule has 1 heterocycles. The molecule has 3 heteroatoms. The number of hydrogen-bond acceptors (Lipinski definition) is 3. The van der Waals surface area contributed by atoms with Crippen molar-refractivity contribution < 1.29 is 4.74 Å². The second-order valence-corrected chi connectivity index (χ2v) is 6.54. The Hall–Kier alpha value is -2.00. The molecule has 0 saturated carbocycles. The van der Waals surface area contributed by atoms with Crippen molar-refractivity contribution in [1.29, 1.82) is 0 Å². The Morgan fingerprint density at radius 2 is 1.68 bits per heavy atom. The molecule has 0 spiro atoms. The van der Waals surface area contributed by atoms with Crippen molar-refractivity contribution >= 4 is 5.69 Å². The highest BCUT2D eigenvalue weighted by Crippen LogP contribution is 2.23. The molecule has 0 unspecified atom stereocenters. The van der Waals surface area contributed by atoms with Gasteiger partial charge in [0.1, 0.15) is 11.9 Å². The summed E-state index contributed by atoms with van der Waals surface area (Å²) in [6, 6.07) is 14.6. The molecule has 1 saturated heterocycles. The van der Waals surface area contributed by atoms with Crippen LogP contribution in [0.1, 0.15) is 43.4 Å². The maximum Gasteiger partial charge on any atom is 0.120 e. The van der Waals surface area contributed by atoms with Crippen molar-refractivity contribution in [3.8, 4) is 5.75 Å². The summed E-state index contributed by atoms with van der Waals surface area (Å²) in [7, 11) is 0. The molecule has 0 bridgehead atoms. The smallest absolute Gasteiger partial charge is 0.120 e. The number of nitrogen functional groups attached to an aromatic ring is 1. The van der Waals surface area contributed by atoms with Gasteiger partial charge in [0.15, 0.2) is 0 Å². The van der Waals surface area contributed by atoms with Gasteiger partial charge in [-0.3, -0.25) is 4.90 Å². The van der Waals surface area contributed by atoms with Crippen molar-refractivity contribution in [2.24, 2.45) is 0 Å². The number of piperidine rings is 1. The largest absolute Gasteiger partial charge is 0.490 e. The SMILES string of the molecule is CC.Cc1cc(OC2CCN(Cc3ccccc3C)CC2)ccc1N. The van der Waals surface area contributed by atoms with E-state index in [9.17, 15) is 0 Å². The standard InChI is InChI=1S/C20H26N2O.C2H6/c1-15-5-3-4-6-17(15)14-22-11-9-18(10-12-22)23-19-7-8-20(21)16(2)13-19;1-2/h3-8,13,18H,9-12,14,21H2,1-2H3;1-2H3. The number of likely N-dealkylation sites (tertiary alicyclic amines) is 1. The lowest BCUT2D eigenvalue weighted by molar-refractivity contribution is 0.0967. The van der Waals surface area contributed by atoms with E-state index >= 15 is 0 Å². The summed E-state index contributed by atoms with van der Waals surface area (Å²) < 4.78 is 6.13. The Kier molecular flexibility index (Phi) is 7.32. The summed E-state index contributed by atoms with van der Waals surface area (Å²) in [5.41, 5.74) is 10.6. The molecule has 0 atom stereocenters. The zero-order valence-corrected chi connectivity index (χ0v) is 16.1. The predicted molar refractivity (Wildman–Crippen MR) is 107 cm³/mol. The molecule has 0 aromatic heterocycles. The maximum atomic E-state index is 6.13. The van der Waals surface area contributed by atoms with Crippen LogP contribution in [-0.2, 0) is 6.54 Å². The van der Waals surface area contributed by atoms with Crippen LogP contribution in [0.3, 0.4) is 0 Å². The highest BCUT2D eigenvalue weighted by molar-refractivity contribution is 5.49. The van der Waals surface area contributed by atoms with E-state index in [1.165, 1.54) is 11.1 Å². The van der Waals surface area contributed by atoms with Gasteiger partial charge in [-0.25, -0.2) is 0 Å². The molecule has 3 nitrogen and oxygen atoms in total. The van der Waals surface area contributed by atoms with Crippen LogP contribution in [0, 0.1) is 13.8 Å². The Bertz CT molecular complexity index is 661. The van der Waals surface area contributed by atoms with E-state index in [1.54, 1.807) is 0 Å². The minimum Gasteiger partial charge on any atom is -0.490 e. The first-order chi connectivity index (χ1) is 12.1. The average molecular weight is 341 g/mol. The molecule has 1 aliphatic heterocycles. The van der Waals surface area contributed by atoms with E-state index in [4.69, 9.17) is 10.5 Å². The summed E-state index contributed by atoms with van der Waals surface area (Å²) in [4.78, 5) is 2.52. The fourth-order valence-electron chi connectivity index (χ4n) is 3.13. The molecule has 1 fully saturated rings. The normalized spacial score (nSPS) is 15.4. The van der Waals surface area contributed by atoms with Gasteiger partial charge in [-0.1, -0.05) is 38.1 Å². The first-order valence-electron chi connectivity index (χ1n) is 9.41. The quantitative estimate of drug-likeness (QED) is 0.800. The molecule has 136 valence electrons. The molecule has 0 amide bonds. The number of nitrogens with zero attached hydrogens (tertiary/aromatic N) is 1. The second kappa shape index (κ2) is 9.47. The molecule has 0 radical (unpaired) electrons. The highest BCUT2D eigenvalue weighted by Gasteiger charge is 2.21. The molecule has 25 heavy (non-hydrogen) atoms. The molecule has 2 aromatic rings. The predicted octanol–water partition coefficient (Wildman–Crippen LogP) is 4.96. The van der Waals surface area contributed by atoms with Gasteiger partial charge in [-0.2, -0.15) is 0 Å². The zero-order valence-electron chi connectivity index (χ0n) is 16.1. The Morgan fingerprint density at radius 1 is 1.00 bits per heavy atom. The Labute approximate surface area is 152 Å². The summed E-state index contributed by atoms with van der Waals surface area (Å²) in [5.74, 6) is 0.939. The van der Waals surface area contributed by atoms with Crippen LogP contribution in [0.2, 0.25) is 0 Å². The van der Waals surface area contributed by atoms with Crippen LogP contribution in [0.5, 0.6) is 5.75 Å². The number of benzene rings is 2. The van der Waals surface area contributed by atoms with Crippen LogP contribution in [0.4, 0.5) is 5.69 Å². The van der Waals surface area contributed by atoms with Gasteiger partial charge in [0.05, 0.1) is 0 Å². The van der Waals surface area contributed by atoms with Crippen LogP contribution < -0.4 is 10.5 Å². The van der Waals surface area contributed by atoms with Crippen LogP contribution >= 0.6 is 0 Å². The number of nitrogens with two attached hydrogens (primary N) is 1. The maximum absolute atomic E-state index is 6.13. The van der Waals surface area contributed by atoms with Crippen LogP contribution in [0.15, 0.2) is 42.5 Å². The van der Waals surface area contributed by atoms with Gasteiger partial charge < -0.3 is 10.5 Å². The van der Waals surface area contributed by atoms with E-state index in [-0.39, 0.29) is 0 Å². The van der Waals surface area contributed by atoms with Gasteiger partial charge in [0.25, 0.3) is 0 Å². The van der Waals surface area contributed by atoms with Crippen LogP contribution in [0.25, 0.3) is 0 Å². The number of anilines is 1. The van der Waals surface area contributed by atoms with Gasteiger partial charge in [0.2, 0.25) is 0 Å². The molecule has 2 aromatic carbocycles. The van der Waals surface area contributed by atoms with Crippen molar-refractivity contribution in [1.82, 2.24) is 4.90 Å². The first kappa shape index (κ1) is 19.3. The monoisotopic (exact) mass is 340 g/mol. The van der Waals surface area contributed by atoms with Gasteiger partial charge in [-0.15, -0.1) is 0 Å². The second-order valence-electron chi connectivity index (χ2n) is 6.54. The van der Waals surface area contributed by atoms with Gasteiger partial charge >= 0.3 is 0 Å². The Morgan fingerprint density at radius 3 is 2.32 bits per heavy atom. The van der Waals surface area contributed by atoms with E-state index < -0.39 is 0 Å². The zero-order chi connectivity index (χ0) is 18.2. The number of aryl methyl sites for hydroxylation is 2. The molecule has 0 aliphatic carbocycles. The van der Waals surface area contributed by atoms with Crippen LogP contribution in [-0.4, -0.2) is 24.1 Å². The van der Waals surface area contributed by atoms with E-state index in [0.717, 1.165) is 49.5 Å². The molecule has 3 rings (SSSR count). The van der Waals surface area contributed by atoms with E-state index in [2.05, 4.69) is 36.1 Å². The molecular formula is C22H32N2O. The fraction of sp³-hybridized carbons (Fsp3) is 0.455. The summed E-state index contributed by atoms with van der Waals surface area (Å²) in [6.07, 6.45) is 2.47. The lowest BCUT2D eigenvalue weighted by Gasteiger charge is -2.32. The van der Waals surface area contributed by atoms with E-state index in [0.29, 0.717) is 6.10 Å². The summed E-state index contributed by atoms with van der Waals surface area (Å²) >= 11 is 0. The first-order valence-corrected chi connectivity index (χ1v) is 9.41. The minimum atomic E-state index is 0.311. The van der Waals surface area contributed by atoms with Crippen molar-refractivity contribution in [2.75, 3.05) is 18.8 Å². The fourth-order valence-corrected chi connectivity index (χ4v) is 3.13. The minimum absolute atomic E-state index is 0.311. The summed E-state index contributed by atoms with van der Waals surface area (Å²) in [5, 5.41) is 0. The Balaban J connectivity index is 0.00000109. The molecule has 2 N–H and O–H groups in total. The van der Waals surface area contributed by atoms with Crippen molar-refractivity contribution in [2.45, 2.75) is 53.2 Å². The topological polar surface area (TPSA) is 38.5 Å². The molecular weight excluding hydrogens is 308 g/mol. The van der Waals surface area contributed by atoms with Gasteiger partial charge in [0, 0.05) is 25.3 Å². The molecule has 1 aliphatic rings. The highest BCUT2D eigenvalue weighted by atomic mass is 16.5. The number of ether oxygens (including phenoxy) is 1. The number of rotatable bonds is 4. The summed E-state index contributed by atoms with van der Waals surface area (Å²) in [6.45, 7) is 11.4. The lowest BCUT2D eigenvalue weighted by atomic mass is 10.0. The third-order valence-corrected chi connectivity index (χ3v) is 4.73. The van der Waals surface area contributed by atoms with Crippen molar-refractivity contribution in [3.05, 3.63) is 59.2 Å². The van der Waals surface area contributed by atoms with Gasteiger partial charge in [-0.05, 0) is 61.6 Å². The lowest BCUT2D eigenvalue weighted by Crippen LogP contribution is -2.37. The third-order valence-electron chi connectivity index (χ3n) is 4.73. The average Bonchev–Trinajstić information content (AvgIpc) is 2.63. The number of hydrogen-bond donors (Lipinski definition) is 1. The van der Waals surface area contributed by atoms with Crippen molar-refractivity contribution in [3.63, 3.8) is 0 Å².